The van der Waals surface area contributed by atoms with Gasteiger partial charge in [-0.2, -0.15) is 0 Å². The summed E-state index contributed by atoms with van der Waals surface area (Å²) < 4.78 is 6.06. The molecule has 1 N–H and O–H groups in total. The van der Waals surface area contributed by atoms with E-state index in [0.717, 1.165) is 37.0 Å². The van der Waals surface area contributed by atoms with Gasteiger partial charge in [-0.15, -0.1) is 0 Å². The van der Waals surface area contributed by atoms with Crippen LogP contribution < -0.4 is 10.1 Å². The van der Waals surface area contributed by atoms with Crippen molar-refractivity contribution in [3.05, 3.63) is 42.0 Å². The minimum Gasteiger partial charge on any atom is -0.489 e. The largest absolute Gasteiger partial charge is 0.489 e. The molecule has 1 aromatic carbocycles. The van der Waals surface area contributed by atoms with Gasteiger partial charge in [0.1, 0.15) is 18.9 Å². The van der Waals surface area contributed by atoms with Gasteiger partial charge in [0.25, 0.3) is 0 Å². The Morgan fingerprint density at radius 2 is 1.94 bits per heavy atom. The van der Waals surface area contributed by atoms with Crippen molar-refractivity contribution in [2.75, 3.05) is 26.2 Å². The van der Waals surface area contributed by atoms with Crippen molar-refractivity contribution in [2.24, 2.45) is 17.8 Å². The summed E-state index contributed by atoms with van der Waals surface area (Å²) >= 11 is 0. The molecular weight excluding hydrogens is 430 g/mol. The maximum atomic E-state index is 13.4. The Hall–Kier alpha value is -2.83. The van der Waals surface area contributed by atoms with Crippen LogP contribution >= 0.6 is 0 Å². The number of amides is 3. The lowest BCUT2D eigenvalue weighted by molar-refractivity contribution is -0.146. The molecule has 7 nitrogen and oxygen atoms in total. The highest BCUT2D eigenvalue weighted by Gasteiger charge is 2.35. The Balaban J connectivity index is 1.55. The lowest BCUT2D eigenvalue weighted by Crippen LogP contribution is -2.50. The summed E-state index contributed by atoms with van der Waals surface area (Å²) in [6, 6.07) is 7.85. The number of nitrogens with one attached hydrogen (secondary N) is 1. The Morgan fingerprint density at radius 3 is 2.68 bits per heavy atom. The first-order valence-electron chi connectivity index (χ1n) is 12.6. The van der Waals surface area contributed by atoms with Crippen molar-refractivity contribution >= 4 is 17.7 Å². The van der Waals surface area contributed by atoms with Crippen LogP contribution in [0.15, 0.2) is 36.4 Å². The highest BCUT2D eigenvalue weighted by atomic mass is 16.5. The zero-order chi connectivity index (χ0) is 24.1. The van der Waals surface area contributed by atoms with E-state index in [2.05, 4.69) is 11.4 Å². The number of carbonyl (C=O) groups is 3. The maximum absolute atomic E-state index is 13.4. The molecule has 0 radical (unpaired) electrons. The third kappa shape index (κ3) is 5.99. The number of fused-ring (bicyclic) bond motifs is 3. The van der Waals surface area contributed by atoms with Gasteiger partial charge in [-0.1, -0.05) is 36.8 Å². The molecule has 4 rings (SSSR count). The zero-order valence-electron chi connectivity index (χ0n) is 20.4. The van der Waals surface area contributed by atoms with E-state index in [1.165, 1.54) is 0 Å². The van der Waals surface area contributed by atoms with E-state index < -0.39 is 0 Å². The monoisotopic (exact) mass is 467 g/mol. The lowest BCUT2D eigenvalue weighted by atomic mass is 9.82. The third-order valence-corrected chi connectivity index (χ3v) is 7.20. The first-order valence-corrected chi connectivity index (χ1v) is 12.6. The number of rotatable bonds is 4. The standard InChI is InChI=1S/C27H37N3O4/c1-19(2)28-25(31)15-21-12-13-29-16-22(21)10-6-14-34-24-11-4-3-7-23(24)17-30(18-26(29)32)27(33)20-8-5-9-20/h3-4,6-7,10-11,19-22H,5,8-9,12-18H2,1-2H3,(H,28,31)/b10-6+/t21-,22-/m0/s1. The maximum Gasteiger partial charge on any atom is 0.242 e. The van der Waals surface area contributed by atoms with Gasteiger partial charge in [0.05, 0.1) is 0 Å². The van der Waals surface area contributed by atoms with Gasteiger partial charge in [-0.05, 0) is 51.0 Å². The second-order valence-electron chi connectivity index (χ2n) is 10.1. The quantitative estimate of drug-likeness (QED) is 0.690. The van der Waals surface area contributed by atoms with Gasteiger partial charge in [0.15, 0.2) is 0 Å². The summed E-state index contributed by atoms with van der Waals surface area (Å²) in [6.45, 7) is 5.96. The number of carbonyl (C=O) groups excluding carboxylic acids is 3. The van der Waals surface area contributed by atoms with Gasteiger partial charge >= 0.3 is 0 Å². The number of hydrogen-bond acceptors (Lipinski definition) is 4. The van der Waals surface area contributed by atoms with E-state index in [1.807, 2.05) is 49.1 Å². The number of ether oxygens (including phenoxy) is 1. The van der Waals surface area contributed by atoms with Crippen molar-refractivity contribution < 1.29 is 19.1 Å². The second-order valence-corrected chi connectivity index (χ2v) is 10.1. The summed E-state index contributed by atoms with van der Waals surface area (Å²) in [7, 11) is 0. The van der Waals surface area contributed by atoms with E-state index in [-0.39, 0.29) is 48.1 Å². The average molecular weight is 468 g/mol. The lowest BCUT2D eigenvalue weighted by Gasteiger charge is -2.39. The predicted octanol–water partition coefficient (Wildman–Crippen LogP) is 3.14. The summed E-state index contributed by atoms with van der Waals surface area (Å²) in [5.74, 6) is 1.11. The van der Waals surface area contributed by atoms with Crippen LogP contribution in [0.1, 0.15) is 51.5 Å². The van der Waals surface area contributed by atoms with E-state index in [4.69, 9.17) is 4.74 Å². The number of benzene rings is 1. The Bertz CT molecular complexity index is 924. The molecule has 2 bridgehead atoms. The fraction of sp³-hybridized carbons (Fsp3) is 0.593. The van der Waals surface area contributed by atoms with Crippen LogP contribution in [-0.2, 0) is 20.9 Å². The van der Waals surface area contributed by atoms with Crippen molar-refractivity contribution in [1.29, 1.82) is 0 Å². The molecular formula is C27H37N3O4. The predicted molar refractivity (Wildman–Crippen MR) is 130 cm³/mol. The minimum atomic E-state index is -0.0196. The van der Waals surface area contributed by atoms with Crippen LogP contribution in [-0.4, -0.2) is 59.8 Å². The molecule has 2 fully saturated rings. The number of piperidine rings is 1. The van der Waals surface area contributed by atoms with Gasteiger partial charge in [0, 0.05) is 43.6 Å². The van der Waals surface area contributed by atoms with E-state index in [0.29, 0.717) is 32.7 Å². The molecule has 0 unspecified atom stereocenters. The van der Waals surface area contributed by atoms with Crippen molar-refractivity contribution in [3.63, 3.8) is 0 Å². The molecule has 1 saturated carbocycles. The third-order valence-electron chi connectivity index (χ3n) is 7.20. The van der Waals surface area contributed by atoms with Crippen LogP contribution in [0.4, 0.5) is 0 Å². The van der Waals surface area contributed by atoms with Crippen molar-refractivity contribution in [2.45, 2.75) is 58.5 Å². The number of para-hydroxylation sites is 1. The zero-order valence-corrected chi connectivity index (χ0v) is 20.4. The summed E-state index contributed by atoms with van der Waals surface area (Å²) in [5.41, 5.74) is 0.914. The van der Waals surface area contributed by atoms with Crippen molar-refractivity contribution in [3.8, 4) is 5.75 Å². The Morgan fingerprint density at radius 1 is 1.15 bits per heavy atom. The minimum absolute atomic E-state index is 0.0196. The molecule has 34 heavy (non-hydrogen) atoms. The Labute approximate surface area is 202 Å². The van der Waals surface area contributed by atoms with E-state index in [1.54, 1.807) is 4.90 Å². The van der Waals surface area contributed by atoms with Crippen LogP contribution in [0.2, 0.25) is 0 Å². The smallest absolute Gasteiger partial charge is 0.242 e. The molecule has 7 heteroatoms. The van der Waals surface area contributed by atoms with E-state index in [9.17, 15) is 14.4 Å². The second kappa shape index (κ2) is 11.1. The first kappa shape index (κ1) is 24.3. The molecule has 1 aliphatic carbocycles. The molecule has 0 aromatic heterocycles. The number of nitrogens with zero attached hydrogens (tertiary/aromatic N) is 2. The highest BCUT2D eigenvalue weighted by Crippen LogP contribution is 2.31. The topological polar surface area (TPSA) is 79.0 Å². The van der Waals surface area contributed by atoms with Crippen molar-refractivity contribution in [1.82, 2.24) is 15.1 Å². The van der Waals surface area contributed by atoms with Crippen LogP contribution in [0.5, 0.6) is 5.75 Å². The van der Waals surface area contributed by atoms with Gasteiger partial charge < -0.3 is 19.9 Å². The fourth-order valence-corrected chi connectivity index (χ4v) is 5.09. The molecule has 2 atom stereocenters. The molecule has 0 spiro atoms. The normalized spacial score (nSPS) is 24.6. The summed E-state index contributed by atoms with van der Waals surface area (Å²) in [5, 5.41) is 2.99. The molecule has 2 heterocycles. The molecule has 1 saturated heterocycles. The molecule has 3 amide bonds. The fourth-order valence-electron chi connectivity index (χ4n) is 5.09. The number of hydrogen-bond donors (Lipinski definition) is 1. The SMILES string of the molecule is CC(C)NC(=O)C[C@@H]1CCN2C[C@@H]1/C=C/COc1ccccc1CN(C(=O)C1CCC1)CC2=O. The van der Waals surface area contributed by atoms with Crippen LogP contribution in [0, 0.1) is 17.8 Å². The molecule has 184 valence electrons. The van der Waals surface area contributed by atoms with Crippen LogP contribution in [0.3, 0.4) is 0 Å². The van der Waals surface area contributed by atoms with E-state index >= 15 is 0 Å². The summed E-state index contributed by atoms with van der Waals surface area (Å²) in [6.07, 6.45) is 8.19. The summed E-state index contributed by atoms with van der Waals surface area (Å²) in [4.78, 5) is 42.6. The van der Waals surface area contributed by atoms with Gasteiger partial charge in [0.2, 0.25) is 17.7 Å². The molecule has 3 aliphatic rings. The highest BCUT2D eigenvalue weighted by molar-refractivity contribution is 5.86. The molecule has 1 aromatic rings. The average Bonchev–Trinajstić information content (AvgIpc) is 2.76. The molecule has 2 aliphatic heterocycles. The van der Waals surface area contributed by atoms with Gasteiger partial charge in [-0.3, -0.25) is 14.4 Å². The Kier molecular flexibility index (Phi) is 7.91. The van der Waals surface area contributed by atoms with Crippen LogP contribution in [0.25, 0.3) is 0 Å². The first-order chi connectivity index (χ1) is 16.4. The van der Waals surface area contributed by atoms with Gasteiger partial charge in [-0.25, -0.2) is 0 Å².